The molecule has 0 radical (unpaired) electrons. The first kappa shape index (κ1) is 18.3. The van der Waals surface area contributed by atoms with E-state index in [4.69, 9.17) is 22.1 Å². The van der Waals surface area contributed by atoms with E-state index in [0.717, 1.165) is 0 Å². The number of aliphatic hydroxyl groups is 1. The van der Waals surface area contributed by atoms with Gasteiger partial charge in [0, 0.05) is 0 Å². The van der Waals surface area contributed by atoms with Crippen molar-refractivity contribution < 1.29 is 24.2 Å². The van der Waals surface area contributed by atoms with Crippen molar-refractivity contribution >= 4 is 29.3 Å². The van der Waals surface area contributed by atoms with Crippen LogP contribution in [0.2, 0.25) is 0 Å². The van der Waals surface area contributed by atoms with E-state index in [1.165, 1.54) is 7.11 Å². The molecule has 0 rings (SSSR count). The van der Waals surface area contributed by atoms with Crippen LogP contribution in [0.4, 0.5) is 4.79 Å². The lowest BCUT2D eigenvalue weighted by Crippen LogP contribution is -2.52. The number of esters is 1. The molecule has 8 heteroatoms. The van der Waals surface area contributed by atoms with Crippen molar-refractivity contribution in [3.63, 3.8) is 0 Å². The topological polar surface area (TPSA) is 96.9 Å². The van der Waals surface area contributed by atoms with Crippen molar-refractivity contribution in [2.24, 2.45) is 0 Å². The minimum atomic E-state index is -0.983. The Morgan fingerprint density at radius 3 is 2.50 bits per heavy atom. The van der Waals surface area contributed by atoms with Gasteiger partial charge >= 0.3 is 12.1 Å². The van der Waals surface area contributed by atoms with Crippen LogP contribution >= 0.6 is 12.2 Å². The van der Waals surface area contributed by atoms with Crippen LogP contribution in [0, 0.1) is 0 Å². The van der Waals surface area contributed by atoms with Gasteiger partial charge in [-0.25, -0.2) is 9.59 Å². The molecule has 0 aromatic rings. The Hall–Kier alpha value is -1.67. The molecule has 0 bridgehead atoms. The Bertz CT molecular complexity index is 362. The molecule has 1 unspecified atom stereocenters. The molecule has 3 N–H and O–H groups in total. The number of nitrogens with one attached hydrogen (secondary N) is 2. The van der Waals surface area contributed by atoms with E-state index in [1.54, 1.807) is 13.0 Å². The standard InChI is InChI=1S/C12H20N2O5S/c1-4-6-8(14-12(17)19-5-2)10(20)13-9(7-15)11(16)18-3/h4,8-9,15H,1,5-7H2,2-3H3,(H,13,20)(H,14,17)/t8?,9-/m0/s1. The number of aliphatic hydroxyl groups excluding tert-OH is 1. The summed E-state index contributed by atoms with van der Waals surface area (Å²) in [7, 11) is 1.20. The molecule has 0 aliphatic rings. The second kappa shape index (κ2) is 10.2. The van der Waals surface area contributed by atoms with Crippen molar-refractivity contribution in [3.8, 4) is 0 Å². The number of hydrogen-bond donors (Lipinski definition) is 3. The van der Waals surface area contributed by atoms with Crippen LogP contribution in [0.25, 0.3) is 0 Å². The number of carbonyl (C=O) groups is 2. The summed E-state index contributed by atoms with van der Waals surface area (Å²) >= 11 is 5.11. The minimum Gasteiger partial charge on any atom is -0.467 e. The number of rotatable bonds is 8. The molecular formula is C12H20N2O5S. The fraction of sp³-hybridized carbons (Fsp3) is 0.583. The number of methoxy groups -OCH3 is 1. The van der Waals surface area contributed by atoms with Crippen LogP contribution in [0.5, 0.6) is 0 Å². The summed E-state index contributed by atoms with van der Waals surface area (Å²) in [4.78, 5) is 22.9. The molecule has 0 heterocycles. The summed E-state index contributed by atoms with van der Waals surface area (Å²) in [5.74, 6) is -0.650. The van der Waals surface area contributed by atoms with E-state index in [9.17, 15) is 9.59 Å². The molecule has 0 fully saturated rings. The zero-order valence-corrected chi connectivity index (χ0v) is 12.4. The van der Waals surface area contributed by atoms with Crippen LogP contribution < -0.4 is 10.6 Å². The first-order chi connectivity index (χ1) is 9.49. The van der Waals surface area contributed by atoms with Crippen molar-refractivity contribution in [2.75, 3.05) is 20.3 Å². The van der Waals surface area contributed by atoms with E-state index in [2.05, 4.69) is 21.9 Å². The van der Waals surface area contributed by atoms with Crippen LogP contribution in [-0.2, 0) is 14.3 Å². The number of carbonyl (C=O) groups excluding carboxylic acids is 2. The molecule has 1 amide bonds. The van der Waals surface area contributed by atoms with Crippen LogP contribution in [0.3, 0.4) is 0 Å². The Labute approximate surface area is 123 Å². The fourth-order valence-electron chi connectivity index (χ4n) is 1.31. The molecule has 2 atom stereocenters. The molecule has 0 aliphatic heterocycles. The summed E-state index contributed by atoms with van der Waals surface area (Å²) in [6.07, 6.45) is 1.29. The smallest absolute Gasteiger partial charge is 0.407 e. The van der Waals surface area contributed by atoms with Crippen molar-refractivity contribution in [2.45, 2.75) is 25.4 Å². The molecule has 0 aliphatic carbocycles. The van der Waals surface area contributed by atoms with Crippen molar-refractivity contribution in [1.29, 1.82) is 0 Å². The van der Waals surface area contributed by atoms with Gasteiger partial charge in [-0.1, -0.05) is 18.3 Å². The average molecular weight is 304 g/mol. The number of thiocarbonyl (C=S) groups is 1. The molecule has 0 saturated carbocycles. The van der Waals surface area contributed by atoms with Crippen LogP contribution in [0.1, 0.15) is 13.3 Å². The Morgan fingerprint density at radius 1 is 1.40 bits per heavy atom. The number of hydrogen-bond acceptors (Lipinski definition) is 6. The second-order valence-electron chi connectivity index (χ2n) is 3.71. The van der Waals surface area contributed by atoms with Crippen LogP contribution in [-0.4, -0.2) is 54.6 Å². The zero-order chi connectivity index (χ0) is 15.5. The summed E-state index contributed by atoms with van der Waals surface area (Å²) < 4.78 is 9.27. The summed E-state index contributed by atoms with van der Waals surface area (Å²) in [6.45, 7) is 5.00. The van der Waals surface area contributed by atoms with Gasteiger partial charge in [0.1, 0.15) is 6.04 Å². The Balaban J connectivity index is 4.66. The maximum atomic E-state index is 11.4. The molecular weight excluding hydrogens is 284 g/mol. The highest BCUT2D eigenvalue weighted by molar-refractivity contribution is 7.80. The quantitative estimate of drug-likeness (QED) is 0.333. The molecule has 0 aromatic heterocycles. The lowest BCUT2D eigenvalue weighted by atomic mass is 10.2. The van der Waals surface area contributed by atoms with Crippen molar-refractivity contribution in [3.05, 3.63) is 12.7 Å². The first-order valence-electron chi connectivity index (χ1n) is 6.03. The van der Waals surface area contributed by atoms with E-state index < -0.39 is 30.8 Å². The largest absolute Gasteiger partial charge is 0.467 e. The molecule has 7 nitrogen and oxygen atoms in total. The molecule has 0 aromatic carbocycles. The Kier molecular flexibility index (Phi) is 9.31. The lowest BCUT2D eigenvalue weighted by molar-refractivity contribution is -0.143. The van der Waals surface area contributed by atoms with Gasteiger partial charge < -0.3 is 25.2 Å². The lowest BCUT2D eigenvalue weighted by Gasteiger charge is -2.22. The van der Waals surface area contributed by atoms with E-state index >= 15 is 0 Å². The van der Waals surface area contributed by atoms with Gasteiger partial charge in [0.05, 0.1) is 31.4 Å². The van der Waals surface area contributed by atoms with Gasteiger partial charge in [-0.3, -0.25) is 0 Å². The molecule has 0 saturated heterocycles. The fourth-order valence-corrected chi connectivity index (χ4v) is 1.60. The number of ether oxygens (including phenoxy) is 2. The second-order valence-corrected chi connectivity index (χ2v) is 4.15. The molecule has 114 valence electrons. The normalized spacial score (nSPS) is 12.8. The van der Waals surface area contributed by atoms with Gasteiger partial charge in [-0.15, -0.1) is 6.58 Å². The van der Waals surface area contributed by atoms with Gasteiger partial charge in [0.25, 0.3) is 0 Å². The highest BCUT2D eigenvalue weighted by Crippen LogP contribution is 1.99. The maximum absolute atomic E-state index is 11.4. The SMILES string of the molecule is C=CCC(NC(=O)OCC)C(=S)N[C@@H](CO)C(=O)OC. The van der Waals surface area contributed by atoms with Gasteiger partial charge in [-0.2, -0.15) is 0 Å². The average Bonchev–Trinajstić information content (AvgIpc) is 2.43. The first-order valence-corrected chi connectivity index (χ1v) is 6.44. The highest BCUT2D eigenvalue weighted by atomic mass is 32.1. The third-order valence-corrected chi connectivity index (χ3v) is 2.67. The van der Waals surface area contributed by atoms with Gasteiger partial charge in [-0.05, 0) is 13.3 Å². The molecule has 20 heavy (non-hydrogen) atoms. The number of amides is 1. The monoisotopic (exact) mass is 304 g/mol. The highest BCUT2D eigenvalue weighted by Gasteiger charge is 2.23. The Morgan fingerprint density at radius 2 is 2.05 bits per heavy atom. The predicted octanol–water partition coefficient (Wildman–Crippen LogP) is 0.128. The van der Waals surface area contributed by atoms with Gasteiger partial charge in [0.15, 0.2) is 0 Å². The van der Waals surface area contributed by atoms with Gasteiger partial charge in [0.2, 0.25) is 0 Å². The van der Waals surface area contributed by atoms with E-state index in [0.29, 0.717) is 6.42 Å². The minimum absolute atomic E-state index is 0.183. The van der Waals surface area contributed by atoms with E-state index in [1.807, 2.05) is 0 Å². The third-order valence-electron chi connectivity index (χ3n) is 2.27. The van der Waals surface area contributed by atoms with Crippen molar-refractivity contribution in [1.82, 2.24) is 10.6 Å². The summed E-state index contributed by atoms with van der Waals surface area (Å²) in [5, 5.41) is 14.3. The predicted molar refractivity (Wildman–Crippen MR) is 77.4 cm³/mol. The maximum Gasteiger partial charge on any atom is 0.407 e. The molecule has 0 spiro atoms. The van der Waals surface area contributed by atoms with Crippen LogP contribution in [0.15, 0.2) is 12.7 Å². The third kappa shape index (κ3) is 6.48. The number of alkyl carbamates (subject to hydrolysis) is 1. The zero-order valence-electron chi connectivity index (χ0n) is 11.5. The summed E-state index contributed by atoms with van der Waals surface area (Å²) in [5.41, 5.74) is 0. The summed E-state index contributed by atoms with van der Waals surface area (Å²) in [6, 6.07) is -1.57. The van der Waals surface area contributed by atoms with E-state index in [-0.39, 0.29) is 11.6 Å².